The van der Waals surface area contributed by atoms with Crippen molar-refractivity contribution < 1.29 is 99.0 Å². The molecule has 0 aliphatic rings. The average Bonchev–Trinajstić information content (AvgIpc) is 3.14. The maximum atomic E-state index is 10.6. The second kappa shape index (κ2) is 42.2. The largest absolute Gasteiger partial charge is 0.549 e. The van der Waals surface area contributed by atoms with Crippen molar-refractivity contribution in [1.29, 1.82) is 15.8 Å². The lowest BCUT2D eigenvalue weighted by molar-refractivity contribution is -0.311. The van der Waals surface area contributed by atoms with Crippen LogP contribution in [0.4, 0.5) is 0 Å². The van der Waals surface area contributed by atoms with Gasteiger partial charge in [0.15, 0.2) is 0 Å². The number of carboxylic acids is 10. The molecule has 0 saturated heterocycles. The third-order valence-electron chi connectivity index (χ3n) is 6.74. The predicted molar refractivity (Wildman–Crippen MR) is 206 cm³/mol. The summed E-state index contributed by atoms with van der Waals surface area (Å²) in [4.78, 5) is 110. The van der Waals surface area contributed by atoms with Gasteiger partial charge < -0.3 is 81.4 Å². The van der Waals surface area contributed by atoms with Crippen LogP contribution in [0.3, 0.4) is 0 Å². The van der Waals surface area contributed by atoms with Crippen LogP contribution in [0.15, 0.2) is 0 Å². The Bertz CT molecular complexity index is 1460. The van der Waals surface area contributed by atoms with E-state index < -0.39 is 99.0 Å². The highest BCUT2D eigenvalue weighted by Gasteiger charge is 2.18. The van der Waals surface area contributed by atoms with Crippen molar-refractivity contribution in [2.75, 3.05) is 137 Å². The smallest absolute Gasteiger partial charge is 0.317 e. The first kappa shape index (κ1) is 64.5. The van der Waals surface area contributed by atoms with E-state index in [2.05, 4.69) is 16.0 Å². The zero-order chi connectivity index (χ0) is 50.8. The standard InChI is InChI=1S/C10H16N2O8.C8H11N5.2C8H14N2O6/c13-7(14)3-11(4-8(15)16)1-2-12(5-9(17)18)6-10(19)20;9-1-4-12-5-8-13(6-2-10)7-3-11;2*11-6(12)3-9-1-2-10(4-7(13)14)5-8(15)16/h1-6H2,(H,13,14)(H,15,16)(H,17,18)(H,19,20);12H,4-8H2;2*9H,1-5H2,(H,11,12)(H,13,14)(H,15,16)/p-3. The lowest BCUT2D eigenvalue weighted by Crippen LogP contribution is -2.47. The van der Waals surface area contributed by atoms with E-state index in [0.29, 0.717) is 19.6 Å². The summed E-state index contributed by atoms with van der Waals surface area (Å²) in [5.74, 6) is -12.3. The summed E-state index contributed by atoms with van der Waals surface area (Å²) in [5, 5.41) is 123. The van der Waals surface area contributed by atoms with Gasteiger partial charge in [0, 0.05) is 72.0 Å². The van der Waals surface area contributed by atoms with Gasteiger partial charge in [-0.1, -0.05) is 0 Å². The number of nitriles is 3. The van der Waals surface area contributed by atoms with Crippen LogP contribution in [0.2, 0.25) is 0 Å². The molecule has 0 aromatic rings. The zero-order valence-corrected chi connectivity index (χ0v) is 34.9. The fourth-order valence-corrected chi connectivity index (χ4v) is 4.31. The van der Waals surface area contributed by atoms with Gasteiger partial charge >= 0.3 is 41.8 Å². The zero-order valence-electron chi connectivity index (χ0n) is 34.9. The molecule has 65 heavy (non-hydrogen) atoms. The minimum atomic E-state index is -1.42. The Hall–Kier alpha value is -7.15. The van der Waals surface area contributed by atoms with Crippen molar-refractivity contribution in [1.82, 2.24) is 40.4 Å². The average molecular weight is 935 g/mol. The van der Waals surface area contributed by atoms with E-state index in [1.807, 2.05) is 18.2 Å². The second-order valence-corrected chi connectivity index (χ2v) is 12.4. The number of rotatable bonds is 35. The van der Waals surface area contributed by atoms with Crippen molar-refractivity contribution in [3.63, 3.8) is 0 Å². The monoisotopic (exact) mass is 934 g/mol. The van der Waals surface area contributed by atoms with Gasteiger partial charge in [-0.05, 0) is 0 Å². The third kappa shape index (κ3) is 54.8. The highest BCUT2D eigenvalue weighted by Crippen LogP contribution is 1.94. The summed E-state index contributed by atoms with van der Waals surface area (Å²) in [6, 6.07) is 5.90. The van der Waals surface area contributed by atoms with Gasteiger partial charge in [-0.2, -0.15) is 15.8 Å². The van der Waals surface area contributed by atoms with Crippen LogP contribution in [-0.4, -0.2) is 257 Å². The fraction of sp³-hybridized carbons (Fsp3) is 0.618. The molecule has 0 aromatic carbocycles. The van der Waals surface area contributed by atoms with Gasteiger partial charge in [-0.15, -0.1) is 0 Å². The molecule has 31 nitrogen and oxygen atoms in total. The number of carbonyl (C=O) groups excluding carboxylic acids is 3. The number of nitrogens with one attached hydrogen (secondary N) is 3. The molecular weight excluding hydrogens is 882 g/mol. The van der Waals surface area contributed by atoms with Gasteiger partial charge in [0.05, 0.1) is 102 Å². The van der Waals surface area contributed by atoms with Crippen LogP contribution < -0.4 is 31.3 Å². The fourth-order valence-electron chi connectivity index (χ4n) is 4.31. The lowest BCUT2D eigenvalue weighted by atomic mass is 10.4. The summed E-state index contributed by atoms with van der Waals surface area (Å²) in [6.07, 6.45) is 0. The maximum Gasteiger partial charge on any atom is 0.317 e. The molecule has 0 heterocycles. The Morgan fingerprint density at radius 1 is 0.369 bits per heavy atom. The number of carboxylic acid groups (broad SMARTS) is 10. The molecule has 0 rings (SSSR count). The molecule has 366 valence electrons. The van der Waals surface area contributed by atoms with E-state index in [0.717, 1.165) is 14.7 Å². The van der Waals surface area contributed by atoms with Crippen LogP contribution in [0.5, 0.6) is 0 Å². The maximum absolute atomic E-state index is 10.6. The van der Waals surface area contributed by atoms with Gasteiger partial charge in [0.2, 0.25) is 0 Å². The molecule has 0 spiro atoms. The highest BCUT2D eigenvalue weighted by atomic mass is 16.4. The molecule has 0 aromatic heterocycles. The molecule has 0 radical (unpaired) electrons. The summed E-state index contributed by atoms with van der Waals surface area (Å²) in [5.41, 5.74) is 0. The molecule has 0 unspecified atom stereocenters. The predicted octanol–water partition coefficient (Wildman–Crippen LogP) is -10.4. The Labute approximate surface area is 370 Å². The number of hydrogen-bond donors (Lipinski definition) is 10. The molecular formula is C34H52N11O20-3. The Balaban J connectivity index is -0.000000386. The van der Waals surface area contributed by atoms with Crippen molar-refractivity contribution in [3.05, 3.63) is 0 Å². The molecule has 0 fully saturated rings. The van der Waals surface area contributed by atoms with Crippen molar-refractivity contribution in [2.24, 2.45) is 0 Å². The summed E-state index contributed by atoms with van der Waals surface area (Å²) in [6.45, 7) is -2.18. The van der Waals surface area contributed by atoms with Crippen LogP contribution in [0.1, 0.15) is 0 Å². The molecule has 0 saturated carbocycles. The van der Waals surface area contributed by atoms with E-state index in [9.17, 15) is 63.3 Å². The second-order valence-electron chi connectivity index (χ2n) is 12.4. The van der Waals surface area contributed by atoms with Crippen LogP contribution >= 0.6 is 0 Å². The topological polar surface area (TPSA) is 505 Å². The molecule has 0 aliphatic heterocycles. The minimum Gasteiger partial charge on any atom is -0.549 e. The molecule has 0 atom stereocenters. The van der Waals surface area contributed by atoms with E-state index in [4.69, 9.17) is 51.5 Å². The highest BCUT2D eigenvalue weighted by molar-refractivity contribution is 5.74. The van der Waals surface area contributed by atoms with E-state index in [-0.39, 0.29) is 78.5 Å². The lowest BCUT2D eigenvalue weighted by Gasteiger charge is -2.23. The van der Waals surface area contributed by atoms with E-state index in [1.165, 1.54) is 4.90 Å². The molecule has 0 amide bonds. The van der Waals surface area contributed by atoms with Gasteiger partial charge in [-0.3, -0.25) is 58.1 Å². The number of hydrogen-bond acceptors (Lipinski definition) is 24. The first-order valence-electron chi connectivity index (χ1n) is 18.4. The van der Waals surface area contributed by atoms with E-state index in [1.54, 1.807) is 4.90 Å². The normalized spacial score (nSPS) is 10.1. The Morgan fingerprint density at radius 2 is 0.662 bits per heavy atom. The van der Waals surface area contributed by atoms with Crippen molar-refractivity contribution in [3.8, 4) is 18.2 Å². The minimum absolute atomic E-state index is 0.0508. The molecule has 0 bridgehead atoms. The number of carbonyl (C=O) groups is 10. The summed E-state index contributed by atoms with van der Waals surface area (Å²) in [7, 11) is 0. The van der Waals surface area contributed by atoms with Gasteiger partial charge in [0.25, 0.3) is 0 Å². The molecule has 10 N–H and O–H groups in total. The number of aliphatic carboxylic acids is 10. The van der Waals surface area contributed by atoms with Crippen molar-refractivity contribution in [2.45, 2.75) is 0 Å². The van der Waals surface area contributed by atoms with Crippen LogP contribution in [0.25, 0.3) is 0 Å². The SMILES string of the molecule is N#CCNCCN(CC#N)CC#N.O=C(O)CN(CCN(CC(=O)O)CC(=O)O)CC(=O)O.O=C(O)CNCCN(CC(=O)O)CC(=O)O.O=C([O-])CNCCN(CC(=O)[O-])CC(=O)[O-]. The molecule has 0 aliphatic carbocycles. The quantitative estimate of drug-likeness (QED) is 0.0208. The third-order valence-corrected chi connectivity index (χ3v) is 6.74. The molecule has 31 heteroatoms. The first-order chi connectivity index (χ1) is 30.4. The number of nitrogens with zero attached hydrogens (tertiary/aromatic N) is 8. The van der Waals surface area contributed by atoms with Gasteiger partial charge in [0.1, 0.15) is 0 Å². The Morgan fingerprint density at radius 3 is 0.938 bits per heavy atom. The Kier molecular flexibility index (Phi) is 41.8. The summed E-state index contributed by atoms with van der Waals surface area (Å²) < 4.78 is 0. The van der Waals surface area contributed by atoms with Gasteiger partial charge in [-0.25, -0.2) is 0 Å². The van der Waals surface area contributed by atoms with Crippen LogP contribution in [0, 0.1) is 34.0 Å². The van der Waals surface area contributed by atoms with Crippen molar-refractivity contribution >= 4 is 59.7 Å². The first-order valence-corrected chi connectivity index (χ1v) is 18.4. The van der Waals surface area contributed by atoms with E-state index >= 15 is 0 Å². The summed E-state index contributed by atoms with van der Waals surface area (Å²) >= 11 is 0. The van der Waals surface area contributed by atoms with Crippen LogP contribution in [-0.2, 0) is 47.9 Å².